The number of nitrogens with zero attached hydrogens (tertiary/aromatic N) is 2. The van der Waals surface area contributed by atoms with Crippen molar-refractivity contribution in [2.45, 2.75) is 19.4 Å². The zero-order valence-corrected chi connectivity index (χ0v) is 10.8. The lowest BCUT2D eigenvalue weighted by atomic mass is 10.2. The fraction of sp³-hybridized carbons (Fsp3) is 0.667. The minimum atomic E-state index is 0.446. The first-order chi connectivity index (χ1) is 8.88. The van der Waals surface area contributed by atoms with Gasteiger partial charge in [0, 0.05) is 31.7 Å². The summed E-state index contributed by atoms with van der Waals surface area (Å²) in [7, 11) is 0. The topological polar surface area (TPSA) is 71.1 Å². The Morgan fingerprint density at radius 1 is 1.39 bits per heavy atom. The van der Waals surface area contributed by atoms with Crippen LogP contribution in [0, 0.1) is 0 Å². The molecule has 100 valence electrons. The van der Waals surface area contributed by atoms with Gasteiger partial charge in [0.15, 0.2) is 0 Å². The predicted octanol–water partition coefficient (Wildman–Crippen LogP) is 0.699. The number of morpholine rings is 1. The van der Waals surface area contributed by atoms with Crippen LogP contribution in [-0.4, -0.2) is 48.9 Å². The van der Waals surface area contributed by atoms with Gasteiger partial charge in [0.1, 0.15) is 18.0 Å². The van der Waals surface area contributed by atoms with E-state index in [1.165, 1.54) is 0 Å². The Bertz CT molecular complexity index is 354. The highest BCUT2D eigenvalue weighted by molar-refractivity contribution is 5.46. The Hall–Kier alpha value is -1.40. The standard InChI is InChI=1S/C12H21N5O/c1-2-13-11-7-12(17-9-16-11)15-4-3-10-8-18-6-5-14-10/h7,9-10,14H,2-6,8H2,1H3,(H2,13,15,16,17). The van der Waals surface area contributed by atoms with Crippen molar-refractivity contribution in [3.05, 3.63) is 12.4 Å². The van der Waals surface area contributed by atoms with Gasteiger partial charge in [0.05, 0.1) is 13.2 Å². The maximum Gasteiger partial charge on any atom is 0.131 e. The van der Waals surface area contributed by atoms with Crippen LogP contribution in [-0.2, 0) is 4.74 Å². The molecule has 0 spiro atoms. The van der Waals surface area contributed by atoms with Gasteiger partial charge in [-0.3, -0.25) is 0 Å². The SMILES string of the molecule is CCNc1cc(NCCC2COCCN2)ncn1. The summed E-state index contributed by atoms with van der Waals surface area (Å²) in [4.78, 5) is 8.32. The second kappa shape index (κ2) is 7.13. The van der Waals surface area contributed by atoms with E-state index in [0.717, 1.165) is 50.9 Å². The summed E-state index contributed by atoms with van der Waals surface area (Å²) in [6, 6.07) is 2.37. The van der Waals surface area contributed by atoms with Crippen LogP contribution in [0.25, 0.3) is 0 Å². The molecule has 1 saturated heterocycles. The fourth-order valence-electron chi connectivity index (χ4n) is 1.91. The molecular formula is C12H21N5O. The first-order valence-corrected chi connectivity index (χ1v) is 6.49. The summed E-state index contributed by atoms with van der Waals surface area (Å²) in [5, 5.41) is 9.90. The lowest BCUT2D eigenvalue weighted by Crippen LogP contribution is -2.42. The number of ether oxygens (including phenoxy) is 1. The lowest BCUT2D eigenvalue weighted by Gasteiger charge is -2.23. The molecule has 3 N–H and O–H groups in total. The van der Waals surface area contributed by atoms with Crippen molar-refractivity contribution in [1.29, 1.82) is 0 Å². The third-order valence-electron chi connectivity index (χ3n) is 2.82. The van der Waals surface area contributed by atoms with E-state index in [2.05, 4.69) is 25.9 Å². The minimum absolute atomic E-state index is 0.446. The number of nitrogens with one attached hydrogen (secondary N) is 3. The molecule has 1 unspecified atom stereocenters. The largest absolute Gasteiger partial charge is 0.379 e. The zero-order valence-electron chi connectivity index (χ0n) is 10.8. The molecule has 1 atom stereocenters. The first kappa shape index (κ1) is 13.0. The van der Waals surface area contributed by atoms with Crippen LogP contribution in [0.1, 0.15) is 13.3 Å². The maximum atomic E-state index is 5.41. The minimum Gasteiger partial charge on any atom is -0.379 e. The van der Waals surface area contributed by atoms with Crippen molar-refractivity contribution in [3.63, 3.8) is 0 Å². The molecule has 1 aliphatic heterocycles. The molecule has 1 fully saturated rings. The molecule has 2 heterocycles. The highest BCUT2D eigenvalue weighted by Crippen LogP contribution is 2.08. The quantitative estimate of drug-likeness (QED) is 0.691. The summed E-state index contributed by atoms with van der Waals surface area (Å²) in [6.07, 6.45) is 2.60. The molecular weight excluding hydrogens is 230 g/mol. The van der Waals surface area contributed by atoms with Gasteiger partial charge < -0.3 is 20.7 Å². The van der Waals surface area contributed by atoms with Crippen molar-refractivity contribution < 1.29 is 4.74 Å². The molecule has 0 bridgehead atoms. The van der Waals surface area contributed by atoms with Crippen molar-refractivity contribution >= 4 is 11.6 Å². The van der Waals surface area contributed by atoms with Crippen LogP contribution in [0.2, 0.25) is 0 Å². The average molecular weight is 251 g/mol. The summed E-state index contributed by atoms with van der Waals surface area (Å²) < 4.78 is 5.41. The van der Waals surface area contributed by atoms with Gasteiger partial charge in [-0.1, -0.05) is 0 Å². The van der Waals surface area contributed by atoms with E-state index in [9.17, 15) is 0 Å². The Balaban J connectivity index is 1.73. The molecule has 1 aliphatic rings. The van der Waals surface area contributed by atoms with Crippen LogP contribution >= 0.6 is 0 Å². The normalized spacial score (nSPS) is 19.5. The van der Waals surface area contributed by atoms with Crippen molar-refractivity contribution in [3.8, 4) is 0 Å². The predicted molar refractivity (Wildman–Crippen MR) is 71.9 cm³/mol. The molecule has 1 aromatic heterocycles. The van der Waals surface area contributed by atoms with Gasteiger partial charge in [-0.25, -0.2) is 9.97 Å². The van der Waals surface area contributed by atoms with Crippen LogP contribution in [0.3, 0.4) is 0 Å². The number of aromatic nitrogens is 2. The van der Waals surface area contributed by atoms with E-state index < -0.39 is 0 Å². The second-order valence-corrected chi connectivity index (χ2v) is 4.26. The molecule has 0 aliphatic carbocycles. The van der Waals surface area contributed by atoms with Gasteiger partial charge >= 0.3 is 0 Å². The molecule has 0 radical (unpaired) electrons. The summed E-state index contributed by atoms with van der Waals surface area (Å²) in [5.74, 6) is 1.71. The average Bonchev–Trinajstić information content (AvgIpc) is 2.41. The van der Waals surface area contributed by atoms with E-state index >= 15 is 0 Å². The van der Waals surface area contributed by atoms with Gasteiger partial charge in [-0.2, -0.15) is 0 Å². The molecule has 0 saturated carbocycles. The molecule has 0 amide bonds. The van der Waals surface area contributed by atoms with E-state index in [0.29, 0.717) is 6.04 Å². The third-order valence-corrected chi connectivity index (χ3v) is 2.82. The van der Waals surface area contributed by atoms with Crippen LogP contribution in [0.15, 0.2) is 12.4 Å². The van der Waals surface area contributed by atoms with Gasteiger partial charge in [0.2, 0.25) is 0 Å². The molecule has 2 rings (SSSR count). The fourth-order valence-corrected chi connectivity index (χ4v) is 1.91. The van der Waals surface area contributed by atoms with Gasteiger partial charge in [-0.15, -0.1) is 0 Å². The maximum absolute atomic E-state index is 5.41. The highest BCUT2D eigenvalue weighted by atomic mass is 16.5. The molecule has 1 aromatic rings. The number of rotatable bonds is 6. The van der Waals surface area contributed by atoms with E-state index in [4.69, 9.17) is 4.74 Å². The molecule has 6 nitrogen and oxygen atoms in total. The molecule has 6 heteroatoms. The van der Waals surface area contributed by atoms with Crippen LogP contribution in [0.5, 0.6) is 0 Å². The lowest BCUT2D eigenvalue weighted by molar-refractivity contribution is 0.0753. The Kier molecular flexibility index (Phi) is 5.16. The van der Waals surface area contributed by atoms with E-state index in [1.54, 1.807) is 6.33 Å². The number of hydrogen-bond donors (Lipinski definition) is 3. The van der Waals surface area contributed by atoms with Crippen molar-refractivity contribution in [2.24, 2.45) is 0 Å². The smallest absolute Gasteiger partial charge is 0.131 e. The summed E-state index contributed by atoms with van der Waals surface area (Å²) in [6.45, 7) is 6.35. The number of hydrogen-bond acceptors (Lipinski definition) is 6. The third kappa shape index (κ3) is 4.12. The van der Waals surface area contributed by atoms with E-state index in [-0.39, 0.29) is 0 Å². The van der Waals surface area contributed by atoms with Crippen LogP contribution in [0.4, 0.5) is 11.6 Å². The van der Waals surface area contributed by atoms with Crippen molar-refractivity contribution in [2.75, 3.05) is 43.5 Å². The Morgan fingerprint density at radius 3 is 2.94 bits per heavy atom. The Morgan fingerprint density at radius 2 is 2.22 bits per heavy atom. The highest BCUT2D eigenvalue weighted by Gasteiger charge is 2.11. The van der Waals surface area contributed by atoms with Gasteiger partial charge in [-0.05, 0) is 13.3 Å². The zero-order chi connectivity index (χ0) is 12.6. The summed E-state index contributed by atoms with van der Waals surface area (Å²) >= 11 is 0. The monoisotopic (exact) mass is 251 g/mol. The molecule has 18 heavy (non-hydrogen) atoms. The van der Waals surface area contributed by atoms with Crippen molar-refractivity contribution in [1.82, 2.24) is 15.3 Å². The summed E-state index contributed by atoms with van der Waals surface area (Å²) in [5.41, 5.74) is 0. The van der Waals surface area contributed by atoms with Crippen LogP contribution < -0.4 is 16.0 Å². The van der Waals surface area contributed by atoms with E-state index in [1.807, 2.05) is 13.0 Å². The Labute approximate surface area is 108 Å². The first-order valence-electron chi connectivity index (χ1n) is 6.49. The van der Waals surface area contributed by atoms with Gasteiger partial charge in [0.25, 0.3) is 0 Å². The second-order valence-electron chi connectivity index (χ2n) is 4.26. The number of anilines is 2. The molecule has 0 aromatic carbocycles.